The maximum atomic E-state index is 12.4. The van der Waals surface area contributed by atoms with Crippen molar-refractivity contribution < 1.29 is 28.5 Å². The molecule has 0 atom stereocenters. The molecule has 0 saturated heterocycles. The molecule has 0 spiro atoms. The van der Waals surface area contributed by atoms with Crippen molar-refractivity contribution in [2.45, 2.75) is 13.3 Å². The fourth-order valence-corrected chi connectivity index (χ4v) is 3.17. The second-order valence-electron chi connectivity index (χ2n) is 6.70. The van der Waals surface area contributed by atoms with Gasteiger partial charge in [0.15, 0.2) is 0 Å². The predicted octanol–water partition coefficient (Wildman–Crippen LogP) is 5.69. The summed E-state index contributed by atoms with van der Waals surface area (Å²) in [5.41, 5.74) is 0.729. The summed E-state index contributed by atoms with van der Waals surface area (Å²) in [5, 5.41) is 0. The molecule has 0 amide bonds. The molecule has 0 fully saturated rings. The molecule has 0 saturated carbocycles. The lowest BCUT2D eigenvalue weighted by molar-refractivity contribution is 0.0450. The standard InChI is InChI=1S/C25H23BrO6/c1-2-14-30-23-13-10-19(17-22(23)26)25(28)32-21-11-8-18(9-12-21)24(27)31-16-15-29-20-6-4-3-5-7-20/h3-13,17H,2,14-16H2,1H3. The van der Waals surface area contributed by atoms with E-state index in [2.05, 4.69) is 15.9 Å². The molecular formula is C25H23BrO6. The molecule has 3 aromatic rings. The van der Waals surface area contributed by atoms with Crippen molar-refractivity contribution in [3.63, 3.8) is 0 Å². The second kappa shape index (κ2) is 11.9. The summed E-state index contributed by atoms with van der Waals surface area (Å²) in [6.07, 6.45) is 0.890. The number of hydrogen-bond donors (Lipinski definition) is 0. The molecule has 166 valence electrons. The third kappa shape index (κ3) is 6.85. The molecule has 3 rings (SSSR count). The van der Waals surface area contributed by atoms with Gasteiger partial charge in [-0.2, -0.15) is 0 Å². The van der Waals surface area contributed by atoms with Gasteiger partial charge in [-0.15, -0.1) is 0 Å². The van der Waals surface area contributed by atoms with Crippen molar-refractivity contribution in [2.24, 2.45) is 0 Å². The molecule has 0 unspecified atom stereocenters. The summed E-state index contributed by atoms with van der Waals surface area (Å²) in [7, 11) is 0. The number of esters is 2. The zero-order chi connectivity index (χ0) is 22.8. The third-order valence-electron chi connectivity index (χ3n) is 4.26. The van der Waals surface area contributed by atoms with E-state index in [1.807, 2.05) is 37.3 Å². The van der Waals surface area contributed by atoms with Gasteiger partial charge >= 0.3 is 11.9 Å². The van der Waals surface area contributed by atoms with Crippen molar-refractivity contribution >= 4 is 27.9 Å². The topological polar surface area (TPSA) is 71.1 Å². The van der Waals surface area contributed by atoms with Gasteiger partial charge in [0, 0.05) is 0 Å². The normalized spacial score (nSPS) is 10.3. The summed E-state index contributed by atoms with van der Waals surface area (Å²) < 4.78 is 22.3. The van der Waals surface area contributed by atoms with Gasteiger partial charge in [0.2, 0.25) is 0 Å². The number of carbonyl (C=O) groups is 2. The molecule has 0 aliphatic rings. The van der Waals surface area contributed by atoms with Crippen LogP contribution >= 0.6 is 15.9 Å². The van der Waals surface area contributed by atoms with E-state index in [9.17, 15) is 9.59 Å². The summed E-state index contributed by atoms with van der Waals surface area (Å²) in [6.45, 7) is 2.99. The van der Waals surface area contributed by atoms with Crippen molar-refractivity contribution in [3.05, 3.63) is 88.4 Å². The zero-order valence-electron chi connectivity index (χ0n) is 17.6. The Labute approximate surface area is 195 Å². The van der Waals surface area contributed by atoms with E-state index in [1.54, 1.807) is 42.5 Å². The Morgan fingerprint density at radius 3 is 2.16 bits per heavy atom. The van der Waals surface area contributed by atoms with Crippen LogP contribution in [0.25, 0.3) is 0 Å². The smallest absolute Gasteiger partial charge is 0.343 e. The van der Waals surface area contributed by atoms with Crippen LogP contribution in [0.15, 0.2) is 77.3 Å². The Kier molecular flexibility index (Phi) is 8.69. The molecule has 0 heterocycles. The Morgan fingerprint density at radius 2 is 1.47 bits per heavy atom. The minimum absolute atomic E-state index is 0.122. The van der Waals surface area contributed by atoms with E-state index in [0.29, 0.717) is 39.5 Å². The number of hydrogen-bond acceptors (Lipinski definition) is 6. The fourth-order valence-electron chi connectivity index (χ4n) is 2.68. The Morgan fingerprint density at radius 1 is 0.750 bits per heavy atom. The van der Waals surface area contributed by atoms with Gasteiger partial charge in [-0.1, -0.05) is 25.1 Å². The van der Waals surface area contributed by atoms with Gasteiger partial charge in [-0.05, 0) is 76.9 Å². The summed E-state index contributed by atoms with van der Waals surface area (Å²) in [6, 6.07) is 20.5. The number of halogens is 1. The molecular weight excluding hydrogens is 476 g/mol. The van der Waals surface area contributed by atoms with Crippen LogP contribution in [0.4, 0.5) is 0 Å². The highest BCUT2D eigenvalue weighted by molar-refractivity contribution is 9.10. The molecule has 6 nitrogen and oxygen atoms in total. The predicted molar refractivity (Wildman–Crippen MR) is 124 cm³/mol. The molecule has 0 bridgehead atoms. The van der Waals surface area contributed by atoms with E-state index in [1.165, 1.54) is 0 Å². The van der Waals surface area contributed by atoms with Gasteiger partial charge in [0.05, 0.1) is 22.2 Å². The van der Waals surface area contributed by atoms with Crippen LogP contribution in [0.5, 0.6) is 17.2 Å². The van der Waals surface area contributed by atoms with Crippen molar-refractivity contribution in [3.8, 4) is 17.2 Å². The Hall–Kier alpha value is -3.32. The first-order valence-electron chi connectivity index (χ1n) is 10.2. The molecule has 0 radical (unpaired) electrons. The number of para-hydroxylation sites is 1. The van der Waals surface area contributed by atoms with Crippen LogP contribution in [0, 0.1) is 0 Å². The number of benzene rings is 3. The molecule has 7 heteroatoms. The van der Waals surface area contributed by atoms with Gasteiger partial charge in [-0.25, -0.2) is 9.59 Å². The molecule has 0 aliphatic heterocycles. The highest BCUT2D eigenvalue weighted by atomic mass is 79.9. The van der Waals surface area contributed by atoms with Crippen LogP contribution in [-0.4, -0.2) is 31.8 Å². The summed E-state index contributed by atoms with van der Waals surface area (Å²) in [5.74, 6) is 0.707. The highest BCUT2D eigenvalue weighted by Gasteiger charge is 2.13. The van der Waals surface area contributed by atoms with E-state index >= 15 is 0 Å². The zero-order valence-corrected chi connectivity index (χ0v) is 19.2. The lowest BCUT2D eigenvalue weighted by atomic mass is 10.2. The van der Waals surface area contributed by atoms with Crippen LogP contribution in [-0.2, 0) is 4.74 Å². The van der Waals surface area contributed by atoms with Crippen LogP contribution in [0.1, 0.15) is 34.1 Å². The Balaban J connectivity index is 1.48. The maximum absolute atomic E-state index is 12.4. The van der Waals surface area contributed by atoms with E-state index < -0.39 is 11.9 Å². The van der Waals surface area contributed by atoms with E-state index in [4.69, 9.17) is 18.9 Å². The van der Waals surface area contributed by atoms with Gasteiger partial charge in [0.1, 0.15) is 30.5 Å². The first-order chi connectivity index (χ1) is 15.6. The van der Waals surface area contributed by atoms with E-state index in [0.717, 1.165) is 6.42 Å². The van der Waals surface area contributed by atoms with Crippen molar-refractivity contribution in [1.29, 1.82) is 0 Å². The molecule has 3 aromatic carbocycles. The minimum Gasteiger partial charge on any atom is -0.492 e. The monoisotopic (exact) mass is 498 g/mol. The Bertz CT molecular complexity index is 1030. The van der Waals surface area contributed by atoms with Crippen LogP contribution in [0.3, 0.4) is 0 Å². The van der Waals surface area contributed by atoms with Gasteiger partial charge < -0.3 is 18.9 Å². The highest BCUT2D eigenvalue weighted by Crippen LogP contribution is 2.27. The average Bonchev–Trinajstić information content (AvgIpc) is 2.82. The van der Waals surface area contributed by atoms with Gasteiger partial charge in [-0.3, -0.25) is 0 Å². The second-order valence-corrected chi connectivity index (χ2v) is 7.56. The molecule has 32 heavy (non-hydrogen) atoms. The lowest BCUT2D eigenvalue weighted by Gasteiger charge is -2.10. The summed E-state index contributed by atoms with van der Waals surface area (Å²) >= 11 is 3.40. The first kappa shape index (κ1) is 23.3. The molecule has 0 aliphatic carbocycles. The third-order valence-corrected chi connectivity index (χ3v) is 4.88. The molecule has 0 N–H and O–H groups in total. The lowest BCUT2D eigenvalue weighted by Crippen LogP contribution is -2.12. The quantitative estimate of drug-likeness (QED) is 0.203. The van der Waals surface area contributed by atoms with E-state index in [-0.39, 0.29) is 13.2 Å². The van der Waals surface area contributed by atoms with Crippen molar-refractivity contribution in [1.82, 2.24) is 0 Å². The van der Waals surface area contributed by atoms with Gasteiger partial charge in [0.25, 0.3) is 0 Å². The molecule has 0 aromatic heterocycles. The minimum atomic E-state index is -0.513. The van der Waals surface area contributed by atoms with Crippen molar-refractivity contribution in [2.75, 3.05) is 19.8 Å². The largest absolute Gasteiger partial charge is 0.492 e. The number of carbonyl (C=O) groups excluding carboxylic acids is 2. The SMILES string of the molecule is CCCOc1ccc(C(=O)Oc2ccc(C(=O)OCCOc3ccccc3)cc2)cc1Br. The van der Waals surface area contributed by atoms with Crippen LogP contribution in [0.2, 0.25) is 0 Å². The number of ether oxygens (including phenoxy) is 4. The maximum Gasteiger partial charge on any atom is 0.343 e. The average molecular weight is 499 g/mol. The first-order valence-corrected chi connectivity index (χ1v) is 11.0. The summed E-state index contributed by atoms with van der Waals surface area (Å²) in [4.78, 5) is 24.6. The fraction of sp³-hybridized carbons (Fsp3) is 0.200. The van der Waals surface area contributed by atoms with Crippen LogP contribution < -0.4 is 14.2 Å². The number of rotatable bonds is 10.